The predicted molar refractivity (Wildman–Crippen MR) is 131 cm³/mol. The standard InChI is InChI=1S/C29H25NO3/c1-2-32-29(31)28(24-18-20-26(21-19-24)33-25-16-10-5-11-17-25)30-27(22-12-6-3-7-13-22)23-14-8-4-9-15-23/h3-21,28H,2H2,1H3/t28-/m1/s1. The molecule has 0 aliphatic rings. The lowest BCUT2D eigenvalue weighted by molar-refractivity contribution is -0.144. The first-order chi connectivity index (χ1) is 16.2. The van der Waals surface area contributed by atoms with Gasteiger partial charge in [-0.2, -0.15) is 0 Å². The van der Waals surface area contributed by atoms with Crippen molar-refractivity contribution in [3.05, 3.63) is 132 Å². The zero-order valence-corrected chi connectivity index (χ0v) is 18.4. The highest BCUT2D eigenvalue weighted by Crippen LogP contribution is 2.27. The Morgan fingerprint density at radius 1 is 0.697 bits per heavy atom. The molecule has 0 aliphatic heterocycles. The number of para-hydroxylation sites is 1. The topological polar surface area (TPSA) is 47.9 Å². The minimum absolute atomic E-state index is 0.284. The summed E-state index contributed by atoms with van der Waals surface area (Å²) in [6, 6.07) is 35.9. The Hall–Kier alpha value is -4.18. The molecule has 4 heteroatoms. The Morgan fingerprint density at radius 2 is 1.18 bits per heavy atom. The maximum Gasteiger partial charge on any atom is 0.335 e. The zero-order chi connectivity index (χ0) is 22.9. The van der Waals surface area contributed by atoms with Crippen molar-refractivity contribution in [3.8, 4) is 11.5 Å². The fourth-order valence-electron chi connectivity index (χ4n) is 3.46. The van der Waals surface area contributed by atoms with Crippen LogP contribution in [0, 0.1) is 0 Å². The second kappa shape index (κ2) is 10.9. The second-order valence-corrected chi connectivity index (χ2v) is 7.35. The molecular formula is C29H25NO3. The Bertz CT molecular complexity index is 1150. The molecule has 1 atom stereocenters. The Kier molecular flexibility index (Phi) is 7.29. The van der Waals surface area contributed by atoms with Gasteiger partial charge in [-0.3, -0.25) is 4.99 Å². The molecule has 0 heterocycles. The minimum atomic E-state index is -0.800. The van der Waals surface area contributed by atoms with Crippen LogP contribution in [0.25, 0.3) is 0 Å². The van der Waals surface area contributed by atoms with Crippen molar-refractivity contribution >= 4 is 11.7 Å². The predicted octanol–water partition coefficient (Wildman–Crippen LogP) is 6.62. The van der Waals surface area contributed by atoms with Crippen LogP contribution in [-0.4, -0.2) is 18.3 Å². The average molecular weight is 436 g/mol. The summed E-state index contributed by atoms with van der Waals surface area (Å²) in [7, 11) is 0. The van der Waals surface area contributed by atoms with Crippen molar-refractivity contribution in [1.29, 1.82) is 0 Å². The summed E-state index contributed by atoms with van der Waals surface area (Å²) in [5.74, 6) is 1.04. The molecule has 4 aromatic carbocycles. The van der Waals surface area contributed by atoms with Gasteiger partial charge in [0.15, 0.2) is 6.04 Å². The zero-order valence-electron chi connectivity index (χ0n) is 18.4. The van der Waals surface area contributed by atoms with Crippen LogP contribution in [0.5, 0.6) is 11.5 Å². The van der Waals surface area contributed by atoms with E-state index >= 15 is 0 Å². The fourth-order valence-corrected chi connectivity index (χ4v) is 3.46. The van der Waals surface area contributed by atoms with Gasteiger partial charge < -0.3 is 9.47 Å². The quantitative estimate of drug-likeness (QED) is 0.231. The summed E-state index contributed by atoms with van der Waals surface area (Å²) in [6.45, 7) is 2.08. The van der Waals surface area contributed by atoms with Crippen LogP contribution >= 0.6 is 0 Å². The largest absolute Gasteiger partial charge is 0.464 e. The smallest absolute Gasteiger partial charge is 0.335 e. The molecular weight excluding hydrogens is 410 g/mol. The van der Waals surface area contributed by atoms with Crippen molar-refractivity contribution in [2.45, 2.75) is 13.0 Å². The minimum Gasteiger partial charge on any atom is -0.464 e. The molecule has 0 aliphatic carbocycles. The van der Waals surface area contributed by atoms with E-state index in [9.17, 15) is 4.79 Å². The molecule has 0 amide bonds. The molecule has 0 unspecified atom stereocenters. The molecule has 0 bridgehead atoms. The number of rotatable bonds is 8. The summed E-state index contributed by atoms with van der Waals surface area (Å²) >= 11 is 0. The molecule has 4 rings (SSSR count). The first kappa shape index (κ1) is 22.0. The number of nitrogens with zero attached hydrogens (tertiary/aromatic N) is 1. The van der Waals surface area contributed by atoms with Gasteiger partial charge in [0.2, 0.25) is 0 Å². The lowest BCUT2D eigenvalue weighted by Crippen LogP contribution is -2.17. The highest BCUT2D eigenvalue weighted by Gasteiger charge is 2.23. The van der Waals surface area contributed by atoms with E-state index in [0.717, 1.165) is 28.2 Å². The summed E-state index contributed by atoms with van der Waals surface area (Å²) < 4.78 is 11.3. The van der Waals surface area contributed by atoms with Gasteiger partial charge in [0.05, 0.1) is 12.3 Å². The molecule has 164 valence electrons. The van der Waals surface area contributed by atoms with Crippen molar-refractivity contribution in [2.24, 2.45) is 4.99 Å². The van der Waals surface area contributed by atoms with E-state index in [4.69, 9.17) is 14.5 Å². The number of ether oxygens (including phenoxy) is 2. The van der Waals surface area contributed by atoms with Crippen LogP contribution in [0.15, 0.2) is 120 Å². The van der Waals surface area contributed by atoms with Crippen molar-refractivity contribution < 1.29 is 14.3 Å². The Balaban J connectivity index is 1.71. The highest BCUT2D eigenvalue weighted by molar-refractivity contribution is 6.13. The number of carbonyl (C=O) groups excluding carboxylic acids is 1. The number of benzene rings is 4. The average Bonchev–Trinajstić information content (AvgIpc) is 2.87. The van der Waals surface area contributed by atoms with Crippen LogP contribution in [0.2, 0.25) is 0 Å². The van der Waals surface area contributed by atoms with Gasteiger partial charge in [0.25, 0.3) is 0 Å². The van der Waals surface area contributed by atoms with Crippen molar-refractivity contribution in [3.63, 3.8) is 0 Å². The third-order valence-electron chi connectivity index (χ3n) is 5.04. The molecule has 4 nitrogen and oxygen atoms in total. The van der Waals surface area contributed by atoms with E-state index in [-0.39, 0.29) is 6.61 Å². The summed E-state index contributed by atoms with van der Waals surface area (Å²) in [5, 5.41) is 0. The maximum atomic E-state index is 13.0. The normalized spacial score (nSPS) is 11.3. The first-order valence-corrected chi connectivity index (χ1v) is 10.9. The van der Waals surface area contributed by atoms with Crippen molar-refractivity contribution in [1.82, 2.24) is 0 Å². The maximum absolute atomic E-state index is 13.0. The molecule has 33 heavy (non-hydrogen) atoms. The molecule has 0 fully saturated rings. The van der Waals surface area contributed by atoms with Gasteiger partial charge in [0, 0.05) is 11.1 Å². The Labute approximate surface area is 194 Å². The van der Waals surface area contributed by atoms with Crippen LogP contribution in [0.3, 0.4) is 0 Å². The van der Waals surface area contributed by atoms with Gasteiger partial charge in [0.1, 0.15) is 11.5 Å². The van der Waals surface area contributed by atoms with Gasteiger partial charge in [-0.25, -0.2) is 4.79 Å². The monoisotopic (exact) mass is 435 g/mol. The van der Waals surface area contributed by atoms with Crippen LogP contribution < -0.4 is 4.74 Å². The molecule has 0 saturated carbocycles. The first-order valence-electron chi connectivity index (χ1n) is 10.9. The Morgan fingerprint density at radius 3 is 1.70 bits per heavy atom. The molecule has 0 spiro atoms. The molecule has 0 radical (unpaired) electrons. The van der Waals surface area contributed by atoms with Crippen LogP contribution in [0.4, 0.5) is 0 Å². The SMILES string of the molecule is CCOC(=O)[C@H](N=C(c1ccccc1)c1ccccc1)c1ccc(Oc2ccccc2)cc1. The van der Waals surface area contributed by atoms with E-state index in [1.807, 2.05) is 115 Å². The van der Waals surface area contributed by atoms with Gasteiger partial charge >= 0.3 is 5.97 Å². The molecule has 0 N–H and O–H groups in total. The third kappa shape index (κ3) is 5.74. The van der Waals surface area contributed by atoms with Gasteiger partial charge in [-0.15, -0.1) is 0 Å². The van der Waals surface area contributed by atoms with Crippen LogP contribution in [-0.2, 0) is 9.53 Å². The van der Waals surface area contributed by atoms with Gasteiger partial charge in [-0.05, 0) is 36.8 Å². The lowest BCUT2D eigenvalue weighted by Gasteiger charge is -2.16. The summed E-state index contributed by atoms with van der Waals surface area (Å²) in [4.78, 5) is 17.9. The highest BCUT2D eigenvalue weighted by atomic mass is 16.5. The van der Waals surface area contributed by atoms with E-state index in [1.54, 1.807) is 6.92 Å². The third-order valence-corrected chi connectivity index (χ3v) is 5.04. The van der Waals surface area contributed by atoms with E-state index in [1.165, 1.54) is 0 Å². The number of hydrogen-bond donors (Lipinski definition) is 0. The van der Waals surface area contributed by atoms with Crippen molar-refractivity contribution in [2.75, 3.05) is 6.61 Å². The van der Waals surface area contributed by atoms with Gasteiger partial charge in [-0.1, -0.05) is 91.0 Å². The summed E-state index contributed by atoms with van der Waals surface area (Å²) in [6.07, 6.45) is 0. The molecule has 0 aromatic heterocycles. The number of aliphatic imine (C=N–C) groups is 1. The molecule has 4 aromatic rings. The molecule has 0 saturated heterocycles. The van der Waals surface area contributed by atoms with E-state index < -0.39 is 12.0 Å². The number of esters is 1. The van der Waals surface area contributed by atoms with E-state index in [2.05, 4.69) is 0 Å². The lowest BCUT2D eigenvalue weighted by atomic mass is 10.0. The second-order valence-electron chi connectivity index (χ2n) is 7.35. The van der Waals surface area contributed by atoms with Crippen LogP contribution in [0.1, 0.15) is 29.7 Å². The number of carbonyl (C=O) groups is 1. The fraction of sp³-hybridized carbons (Fsp3) is 0.103. The summed E-state index contributed by atoms with van der Waals surface area (Å²) in [5.41, 5.74) is 3.33. The number of hydrogen-bond acceptors (Lipinski definition) is 4. The van der Waals surface area contributed by atoms with E-state index in [0.29, 0.717) is 5.75 Å².